The summed E-state index contributed by atoms with van der Waals surface area (Å²) in [5.41, 5.74) is -1.49. The Hall–Kier alpha value is -1.76. The Balaban J connectivity index is 2.88. The molecule has 0 spiro atoms. The van der Waals surface area contributed by atoms with Crippen molar-refractivity contribution in [2.24, 2.45) is 0 Å². The summed E-state index contributed by atoms with van der Waals surface area (Å²) in [6.07, 6.45) is -4.66. The zero-order chi connectivity index (χ0) is 16.0. The van der Waals surface area contributed by atoms with Crippen molar-refractivity contribution in [3.05, 3.63) is 29.3 Å². The van der Waals surface area contributed by atoms with Gasteiger partial charge < -0.3 is 14.7 Å². The number of ether oxygens (including phenoxy) is 1. The van der Waals surface area contributed by atoms with Crippen molar-refractivity contribution in [2.45, 2.75) is 20.0 Å². The van der Waals surface area contributed by atoms with Crippen LogP contribution in [0.15, 0.2) is 18.2 Å². The van der Waals surface area contributed by atoms with Crippen molar-refractivity contribution in [1.29, 1.82) is 0 Å². The van der Waals surface area contributed by atoms with Crippen LogP contribution in [0.5, 0.6) is 5.75 Å². The molecule has 0 aliphatic rings. The van der Waals surface area contributed by atoms with Gasteiger partial charge in [0, 0.05) is 6.54 Å². The van der Waals surface area contributed by atoms with Crippen LogP contribution in [0.1, 0.15) is 29.8 Å². The third kappa shape index (κ3) is 4.93. The van der Waals surface area contributed by atoms with E-state index in [9.17, 15) is 18.0 Å². The van der Waals surface area contributed by atoms with E-state index in [4.69, 9.17) is 9.84 Å². The molecule has 0 radical (unpaired) electrons. The molecule has 0 aliphatic carbocycles. The minimum atomic E-state index is -4.66. The van der Waals surface area contributed by atoms with Gasteiger partial charge in [-0.1, -0.05) is 13.8 Å². The lowest BCUT2D eigenvalue weighted by atomic mass is 10.1. The van der Waals surface area contributed by atoms with E-state index in [1.165, 1.54) is 0 Å². The molecule has 4 nitrogen and oxygen atoms in total. The van der Waals surface area contributed by atoms with Gasteiger partial charge >= 0.3 is 12.1 Å². The summed E-state index contributed by atoms with van der Waals surface area (Å²) < 4.78 is 44.0. The molecule has 1 aromatic carbocycles. The molecule has 0 aromatic heterocycles. The number of likely N-dealkylation sites (N-methyl/N-ethyl adjacent to an activating group) is 1. The predicted octanol–water partition coefficient (Wildman–Crippen LogP) is 3.12. The summed E-state index contributed by atoms with van der Waals surface area (Å²) >= 11 is 0. The minimum absolute atomic E-state index is 0.108. The van der Waals surface area contributed by atoms with Crippen LogP contribution in [0.2, 0.25) is 0 Å². The third-order valence-corrected chi connectivity index (χ3v) is 3.09. The molecular formula is C14H18F3NO3. The van der Waals surface area contributed by atoms with Gasteiger partial charge in [-0.15, -0.1) is 0 Å². The van der Waals surface area contributed by atoms with Crippen molar-refractivity contribution in [1.82, 2.24) is 4.90 Å². The number of carboxylic acid groups (broad SMARTS) is 1. The molecule has 1 rings (SSSR count). The lowest BCUT2D eigenvalue weighted by molar-refractivity contribution is -0.139. The maximum Gasteiger partial charge on any atom is 0.419 e. The summed E-state index contributed by atoms with van der Waals surface area (Å²) in [7, 11) is 0. The van der Waals surface area contributed by atoms with Gasteiger partial charge in [-0.05, 0) is 31.3 Å². The summed E-state index contributed by atoms with van der Waals surface area (Å²) in [4.78, 5) is 12.8. The highest BCUT2D eigenvalue weighted by Crippen LogP contribution is 2.36. The van der Waals surface area contributed by atoms with Gasteiger partial charge in [0.05, 0.1) is 11.1 Å². The first-order valence-electron chi connectivity index (χ1n) is 6.59. The highest BCUT2D eigenvalue weighted by atomic mass is 19.4. The van der Waals surface area contributed by atoms with Gasteiger partial charge in [-0.25, -0.2) is 4.79 Å². The van der Waals surface area contributed by atoms with Crippen LogP contribution in [0.25, 0.3) is 0 Å². The van der Waals surface area contributed by atoms with Crippen LogP contribution in [0, 0.1) is 0 Å². The molecule has 118 valence electrons. The molecule has 21 heavy (non-hydrogen) atoms. The molecule has 0 saturated carbocycles. The second-order valence-corrected chi connectivity index (χ2v) is 4.39. The molecular weight excluding hydrogens is 287 g/mol. The molecule has 0 unspecified atom stereocenters. The lowest BCUT2D eigenvalue weighted by Gasteiger charge is -2.19. The zero-order valence-corrected chi connectivity index (χ0v) is 11.9. The van der Waals surface area contributed by atoms with Crippen molar-refractivity contribution < 1.29 is 27.8 Å². The smallest absolute Gasteiger partial charge is 0.419 e. The minimum Gasteiger partial charge on any atom is -0.492 e. The van der Waals surface area contributed by atoms with Gasteiger partial charge in [-0.3, -0.25) is 0 Å². The quantitative estimate of drug-likeness (QED) is 0.841. The van der Waals surface area contributed by atoms with Crippen LogP contribution in [0.3, 0.4) is 0 Å². The number of rotatable bonds is 7. The molecule has 0 amide bonds. The first kappa shape index (κ1) is 17.3. The van der Waals surface area contributed by atoms with Crippen LogP contribution >= 0.6 is 0 Å². The number of alkyl halides is 3. The summed E-state index contributed by atoms with van der Waals surface area (Å²) in [6.45, 7) is 6.08. The number of halogens is 3. The lowest BCUT2D eigenvalue weighted by Crippen LogP contribution is -2.28. The van der Waals surface area contributed by atoms with Gasteiger partial charge in [0.1, 0.15) is 12.4 Å². The Bertz CT molecular complexity index is 485. The second kappa shape index (κ2) is 7.31. The van der Waals surface area contributed by atoms with Crippen LogP contribution in [-0.2, 0) is 6.18 Å². The van der Waals surface area contributed by atoms with Crippen molar-refractivity contribution in [3.63, 3.8) is 0 Å². The summed E-state index contributed by atoms with van der Waals surface area (Å²) in [6, 6.07) is 2.74. The van der Waals surface area contributed by atoms with E-state index in [2.05, 4.69) is 0 Å². The van der Waals surface area contributed by atoms with Crippen molar-refractivity contribution in [3.8, 4) is 5.75 Å². The zero-order valence-electron chi connectivity index (χ0n) is 11.9. The number of nitrogens with zero attached hydrogens (tertiary/aromatic N) is 1. The molecule has 0 aliphatic heterocycles. The molecule has 0 bridgehead atoms. The average Bonchev–Trinajstić information content (AvgIpc) is 2.42. The number of carboxylic acids is 1. The standard InChI is InChI=1S/C14H18F3NO3/c1-3-18(4-2)7-8-21-12-6-5-10(13(19)20)9-11(12)14(15,16)17/h5-6,9H,3-4,7-8H2,1-2H3,(H,19,20). The van der Waals surface area contributed by atoms with E-state index in [-0.39, 0.29) is 12.4 Å². The Kier molecular flexibility index (Phi) is 6.02. The summed E-state index contributed by atoms with van der Waals surface area (Å²) in [5, 5.41) is 8.76. The largest absolute Gasteiger partial charge is 0.492 e. The van der Waals surface area contributed by atoms with Crippen LogP contribution in [-0.4, -0.2) is 42.2 Å². The van der Waals surface area contributed by atoms with Crippen molar-refractivity contribution in [2.75, 3.05) is 26.2 Å². The first-order chi connectivity index (χ1) is 9.79. The highest BCUT2D eigenvalue weighted by Gasteiger charge is 2.35. The molecule has 7 heteroatoms. The number of hydrogen-bond donors (Lipinski definition) is 1. The normalized spacial score (nSPS) is 11.7. The highest BCUT2D eigenvalue weighted by molar-refractivity contribution is 5.88. The van der Waals surface area contributed by atoms with Crippen LogP contribution < -0.4 is 4.74 Å². The fraction of sp³-hybridized carbons (Fsp3) is 0.500. The van der Waals surface area contributed by atoms with Gasteiger partial charge in [-0.2, -0.15) is 13.2 Å². The molecule has 0 saturated heterocycles. The molecule has 0 heterocycles. The van der Waals surface area contributed by atoms with E-state index in [0.29, 0.717) is 12.6 Å². The number of aromatic carboxylic acids is 1. The predicted molar refractivity (Wildman–Crippen MR) is 71.7 cm³/mol. The molecule has 0 atom stereocenters. The van der Waals surface area contributed by atoms with E-state index in [1.54, 1.807) is 0 Å². The fourth-order valence-corrected chi connectivity index (χ4v) is 1.83. The van der Waals surface area contributed by atoms with Gasteiger partial charge in [0.25, 0.3) is 0 Å². The Labute approximate surface area is 121 Å². The topological polar surface area (TPSA) is 49.8 Å². The van der Waals surface area contributed by atoms with E-state index < -0.39 is 23.3 Å². The van der Waals surface area contributed by atoms with Gasteiger partial charge in [0.2, 0.25) is 0 Å². The Morgan fingerprint density at radius 2 is 1.90 bits per heavy atom. The average molecular weight is 305 g/mol. The third-order valence-electron chi connectivity index (χ3n) is 3.09. The SMILES string of the molecule is CCN(CC)CCOc1ccc(C(=O)O)cc1C(F)(F)F. The Morgan fingerprint density at radius 1 is 1.29 bits per heavy atom. The monoisotopic (exact) mass is 305 g/mol. The molecule has 1 N–H and O–H groups in total. The van der Waals surface area contributed by atoms with E-state index in [1.807, 2.05) is 18.7 Å². The molecule has 0 fully saturated rings. The van der Waals surface area contributed by atoms with E-state index in [0.717, 1.165) is 25.2 Å². The Morgan fingerprint density at radius 3 is 2.38 bits per heavy atom. The van der Waals surface area contributed by atoms with E-state index >= 15 is 0 Å². The number of carbonyl (C=O) groups is 1. The second-order valence-electron chi connectivity index (χ2n) is 4.39. The maximum atomic E-state index is 12.9. The number of benzene rings is 1. The number of hydrogen-bond acceptors (Lipinski definition) is 3. The van der Waals surface area contributed by atoms with Crippen molar-refractivity contribution >= 4 is 5.97 Å². The molecule has 1 aromatic rings. The maximum absolute atomic E-state index is 12.9. The van der Waals surface area contributed by atoms with Gasteiger partial charge in [0.15, 0.2) is 0 Å². The fourth-order valence-electron chi connectivity index (χ4n) is 1.83. The first-order valence-corrected chi connectivity index (χ1v) is 6.59. The summed E-state index contributed by atoms with van der Waals surface area (Å²) in [5.74, 6) is -1.75. The van der Waals surface area contributed by atoms with Crippen LogP contribution in [0.4, 0.5) is 13.2 Å².